The van der Waals surface area contributed by atoms with Gasteiger partial charge in [0.05, 0.1) is 6.54 Å². The van der Waals surface area contributed by atoms with Gasteiger partial charge in [-0.15, -0.1) is 0 Å². The van der Waals surface area contributed by atoms with Crippen molar-refractivity contribution in [3.63, 3.8) is 0 Å². The van der Waals surface area contributed by atoms with E-state index in [9.17, 15) is 9.59 Å². The van der Waals surface area contributed by atoms with Crippen LogP contribution in [0.1, 0.15) is 26.2 Å². The van der Waals surface area contributed by atoms with Gasteiger partial charge in [0.2, 0.25) is 11.8 Å². The Morgan fingerprint density at radius 1 is 1.47 bits per heavy atom. The largest absolute Gasteiger partial charge is 0.381 e. The van der Waals surface area contributed by atoms with E-state index in [0.29, 0.717) is 0 Å². The molecule has 0 aliphatic carbocycles. The van der Waals surface area contributed by atoms with Crippen LogP contribution in [0.2, 0.25) is 0 Å². The first-order valence-electron chi connectivity index (χ1n) is 4.97. The van der Waals surface area contributed by atoms with Crippen molar-refractivity contribution in [3.05, 3.63) is 0 Å². The lowest BCUT2D eigenvalue weighted by Crippen LogP contribution is -2.41. The average Bonchev–Trinajstić information content (AvgIpc) is 2.14. The monoisotopic (exact) mass is 217 g/mol. The fourth-order valence-electron chi connectivity index (χ4n) is 1.09. The molecule has 0 aliphatic rings. The van der Waals surface area contributed by atoms with Crippen LogP contribution in [-0.2, 0) is 9.59 Å². The zero-order valence-electron chi connectivity index (χ0n) is 8.90. The van der Waals surface area contributed by atoms with Crippen LogP contribution in [0.5, 0.6) is 0 Å². The van der Waals surface area contributed by atoms with Crippen LogP contribution in [0.25, 0.3) is 0 Å². The normalized spacial score (nSPS) is 14.3. The fraction of sp³-hybridized carbons (Fsp3) is 0.778. The zero-order chi connectivity index (χ0) is 11.8. The summed E-state index contributed by atoms with van der Waals surface area (Å²) in [5.41, 5.74) is 10.4. The molecule has 6 nitrogen and oxygen atoms in total. The van der Waals surface area contributed by atoms with Crippen LogP contribution in [0.15, 0.2) is 0 Å². The molecule has 0 aliphatic heterocycles. The maximum Gasteiger partial charge on any atom is 0.248 e. The molecular formula is C9H19N3O3. The number of nitrogens with one attached hydrogen (secondary N) is 1. The Morgan fingerprint density at radius 3 is 2.53 bits per heavy atom. The highest BCUT2D eigenvalue weighted by molar-refractivity contribution is 5.81. The quantitative estimate of drug-likeness (QED) is 0.413. The number of nitrogens with two attached hydrogens (primary N) is 2. The number of aliphatic hydroxyl groups is 1. The van der Waals surface area contributed by atoms with E-state index in [0.717, 1.165) is 12.8 Å². The summed E-state index contributed by atoms with van der Waals surface area (Å²) in [6, 6.07) is -0.180. The third-order valence-corrected chi connectivity index (χ3v) is 1.93. The number of aliphatic hydroxyl groups excluding tert-OH is 1. The van der Waals surface area contributed by atoms with Crippen LogP contribution in [0, 0.1) is 0 Å². The van der Waals surface area contributed by atoms with Crippen molar-refractivity contribution in [2.45, 2.75) is 38.3 Å². The van der Waals surface area contributed by atoms with Crippen LogP contribution in [-0.4, -0.2) is 35.6 Å². The van der Waals surface area contributed by atoms with E-state index in [1.54, 1.807) is 0 Å². The van der Waals surface area contributed by atoms with E-state index in [2.05, 4.69) is 5.32 Å². The van der Waals surface area contributed by atoms with Crippen LogP contribution >= 0.6 is 0 Å². The first-order chi connectivity index (χ1) is 6.97. The number of carbonyl (C=O) groups excluding carboxylic acids is 2. The molecule has 0 aromatic rings. The van der Waals surface area contributed by atoms with E-state index < -0.39 is 12.0 Å². The summed E-state index contributed by atoms with van der Waals surface area (Å²) >= 11 is 0. The molecular weight excluding hydrogens is 198 g/mol. The fourth-order valence-corrected chi connectivity index (χ4v) is 1.09. The molecule has 0 saturated heterocycles. The maximum atomic E-state index is 11.2. The Balaban J connectivity index is 3.70. The van der Waals surface area contributed by atoms with Gasteiger partial charge in [-0.3, -0.25) is 9.59 Å². The van der Waals surface area contributed by atoms with Gasteiger partial charge in [0.15, 0.2) is 0 Å². The molecule has 6 heteroatoms. The summed E-state index contributed by atoms with van der Waals surface area (Å²) in [5.74, 6) is -1.13. The first kappa shape index (κ1) is 13.9. The minimum Gasteiger partial charge on any atom is -0.381 e. The predicted octanol–water partition coefficient (Wildman–Crippen LogP) is -1.53. The van der Waals surface area contributed by atoms with Gasteiger partial charge in [-0.25, -0.2) is 0 Å². The predicted molar refractivity (Wildman–Crippen MR) is 55.7 cm³/mol. The average molecular weight is 217 g/mol. The highest BCUT2D eigenvalue weighted by atomic mass is 16.3. The van der Waals surface area contributed by atoms with Crippen molar-refractivity contribution in [1.29, 1.82) is 0 Å². The number of hydrogen-bond donors (Lipinski definition) is 4. The van der Waals surface area contributed by atoms with Crippen LogP contribution < -0.4 is 16.8 Å². The molecule has 0 aromatic heterocycles. The standard InChI is InChI=1S/C9H19N3O3/c1-2-3-6(10)4-8(14)12-5-7(13)9(11)15/h6-7,13H,2-5,10H2,1H3,(H2,11,15)(H,12,14). The van der Waals surface area contributed by atoms with Crippen molar-refractivity contribution in [1.82, 2.24) is 5.32 Å². The number of primary amides is 1. The van der Waals surface area contributed by atoms with Gasteiger partial charge in [0.1, 0.15) is 6.10 Å². The lowest BCUT2D eigenvalue weighted by Gasteiger charge is -2.11. The molecule has 0 rings (SSSR count). The summed E-state index contributed by atoms with van der Waals surface area (Å²) in [5, 5.41) is 11.4. The molecule has 0 spiro atoms. The molecule has 2 amide bonds. The molecule has 0 heterocycles. The van der Waals surface area contributed by atoms with E-state index in [4.69, 9.17) is 16.6 Å². The van der Waals surface area contributed by atoms with Crippen molar-refractivity contribution < 1.29 is 14.7 Å². The van der Waals surface area contributed by atoms with Gasteiger partial charge < -0.3 is 21.9 Å². The molecule has 15 heavy (non-hydrogen) atoms. The maximum absolute atomic E-state index is 11.2. The topological polar surface area (TPSA) is 118 Å². The number of amides is 2. The minimum atomic E-state index is -1.34. The lowest BCUT2D eigenvalue weighted by atomic mass is 10.1. The van der Waals surface area contributed by atoms with E-state index in [1.165, 1.54) is 0 Å². The Bertz CT molecular complexity index is 221. The van der Waals surface area contributed by atoms with Gasteiger partial charge in [0.25, 0.3) is 0 Å². The molecule has 0 bridgehead atoms. The van der Waals surface area contributed by atoms with Crippen LogP contribution in [0.3, 0.4) is 0 Å². The molecule has 0 aromatic carbocycles. The molecule has 0 fully saturated rings. The second-order valence-corrected chi connectivity index (χ2v) is 3.48. The Morgan fingerprint density at radius 2 is 2.07 bits per heavy atom. The summed E-state index contributed by atoms with van der Waals surface area (Å²) in [6.07, 6.45) is 0.542. The second-order valence-electron chi connectivity index (χ2n) is 3.48. The van der Waals surface area contributed by atoms with Gasteiger partial charge >= 0.3 is 0 Å². The summed E-state index contributed by atoms with van der Waals surface area (Å²) in [6.45, 7) is 1.82. The number of carbonyl (C=O) groups is 2. The molecule has 0 saturated carbocycles. The van der Waals surface area contributed by atoms with Gasteiger partial charge in [-0.2, -0.15) is 0 Å². The molecule has 2 unspecified atom stereocenters. The zero-order valence-corrected chi connectivity index (χ0v) is 8.90. The lowest BCUT2D eigenvalue weighted by molar-refractivity contribution is -0.127. The molecule has 88 valence electrons. The molecule has 6 N–H and O–H groups in total. The van der Waals surface area contributed by atoms with Crippen molar-refractivity contribution in [2.75, 3.05) is 6.54 Å². The second kappa shape index (κ2) is 7.19. The third-order valence-electron chi connectivity index (χ3n) is 1.93. The Hall–Kier alpha value is -1.14. The first-order valence-corrected chi connectivity index (χ1v) is 4.97. The van der Waals surface area contributed by atoms with E-state index >= 15 is 0 Å². The van der Waals surface area contributed by atoms with Crippen molar-refractivity contribution in [2.24, 2.45) is 11.5 Å². The number of hydrogen-bond acceptors (Lipinski definition) is 4. The van der Waals surface area contributed by atoms with Gasteiger partial charge in [-0.1, -0.05) is 13.3 Å². The Kier molecular flexibility index (Phi) is 6.64. The minimum absolute atomic E-state index is 0.160. The summed E-state index contributed by atoms with van der Waals surface area (Å²) in [7, 11) is 0. The highest BCUT2D eigenvalue weighted by Crippen LogP contribution is 1.97. The van der Waals surface area contributed by atoms with Crippen molar-refractivity contribution in [3.8, 4) is 0 Å². The number of rotatable bonds is 7. The smallest absolute Gasteiger partial charge is 0.248 e. The molecule has 2 atom stereocenters. The van der Waals surface area contributed by atoms with Gasteiger partial charge in [0, 0.05) is 12.5 Å². The molecule has 0 radical (unpaired) electrons. The van der Waals surface area contributed by atoms with Gasteiger partial charge in [-0.05, 0) is 6.42 Å². The highest BCUT2D eigenvalue weighted by Gasteiger charge is 2.13. The van der Waals surface area contributed by atoms with E-state index in [1.807, 2.05) is 6.92 Å². The van der Waals surface area contributed by atoms with Crippen molar-refractivity contribution >= 4 is 11.8 Å². The SMILES string of the molecule is CCCC(N)CC(=O)NCC(O)C(N)=O. The third kappa shape index (κ3) is 6.87. The summed E-state index contributed by atoms with van der Waals surface area (Å²) in [4.78, 5) is 21.6. The van der Waals surface area contributed by atoms with E-state index in [-0.39, 0.29) is 24.9 Å². The van der Waals surface area contributed by atoms with Crippen LogP contribution in [0.4, 0.5) is 0 Å². The summed E-state index contributed by atoms with van der Waals surface area (Å²) < 4.78 is 0. The Labute approximate surface area is 89.0 Å².